The van der Waals surface area contributed by atoms with Crippen LogP contribution in [0.15, 0.2) is 30.3 Å². The lowest BCUT2D eigenvalue weighted by molar-refractivity contribution is -0.267. The first-order valence-corrected chi connectivity index (χ1v) is 12.7. The maximum Gasteiger partial charge on any atom is 0.225 e. The molecule has 5 heteroatoms. The highest BCUT2D eigenvalue weighted by Crippen LogP contribution is 2.43. The van der Waals surface area contributed by atoms with Crippen molar-refractivity contribution in [2.24, 2.45) is 17.8 Å². The molecule has 2 saturated carbocycles. The monoisotopic (exact) mass is 425 g/mol. The largest absolute Gasteiger partial charge is 0.339 e. The fraction of sp³-hybridized carbons (Fsp3) is 0.731. The van der Waals surface area contributed by atoms with Crippen molar-refractivity contribution in [1.29, 1.82) is 0 Å². The zero-order valence-electron chi connectivity index (χ0n) is 19.1. The van der Waals surface area contributed by atoms with E-state index in [1.807, 2.05) is 0 Å². The summed E-state index contributed by atoms with van der Waals surface area (Å²) >= 11 is 0. The van der Waals surface area contributed by atoms with E-state index in [0.29, 0.717) is 18.5 Å². The summed E-state index contributed by atoms with van der Waals surface area (Å²) in [5.74, 6) is 1.78. The Morgan fingerprint density at radius 2 is 1.77 bits per heavy atom. The van der Waals surface area contributed by atoms with Crippen LogP contribution in [0.3, 0.4) is 0 Å². The SMILES string of the molecule is C[C@H]1CN(C(=O)C2CCCC2)C[C@]1(ON1CCC(NCC2CC2)CC1)c1ccccc1. The van der Waals surface area contributed by atoms with Crippen LogP contribution in [0.2, 0.25) is 0 Å². The van der Waals surface area contributed by atoms with Crippen molar-refractivity contribution >= 4 is 5.91 Å². The quantitative estimate of drug-likeness (QED) is 0.719. The van der Waals surface area contributed by atoms with Gasteiger partial charge in [-0.15, -0.1) is 0 Å². The summed E-state index contributed by atoms with van der Waals surface area (Å²) in [5.41, 5.74) is 0.766. The number of rotatable bonds is 7. The molecule has 0 radical (unpaired) electrons. The number of carbonyl (C=O) groups is 1. The lowest BCUT2D eigenvalue weighted by atomic mass is 9.85. The van der Waals surface area contributed by atoms with Gasteiger partial charge in [0.2, 0.25) is 5.91 Å². The Kier molecular flexibility index (Phi) is 6.36. The third kappa shape index (κ3) is 4.69. The summed E-state index contributed by atoms with van der Waals surface area (Å²) in [4.78, 5) is 22.2. The second kappa shape index (κ2) is 9.21. The molecule has 0 aromatic heterocycles. The molecule has 1 amide bonds. The van der Waals surface area contributed by atoms with Gasteiger partial charge < -0.3 is 10.2 Å². The molecule has 31 heavy (non-hydrogen) atoms. The smallest absolute Gasteiger partial charge is 0.225 e. The molecule has 0 spiro atoms. The maximum absolute atomic E-state index is 13.2. The van der Waals surface area contributed by atoms with E-state index in [4.69, 9.17) is 4.84 Å². The maximum atomic E-state index is 13.2. The van der Waals surface area contributed by atoms with Gasteiger partial charge in [-0.25, -0.2) is 0 Å². The number of likely N-dealkylation sites (tertiary alicyclic amines) is 1. The standard InChI is InChI=1S/C26H39N3O2/c1-20-18-28(25(30)22-7-5-6-8-22)19-26(20,23-9-3-2-4-10-23)31-29-15-13-24(14-16-29)27-17-21-11-12-21/h2-4,9-10,20-22,24,27H,5-8,11-19H2,1H3/t20-,26+/m0/s1. The zero-order chi connectivity index (χ0) is 21.3. The predicted molar refractivity (Wildman–Crippen MR) is 122 cm³/mol. The van der Waals surface area contributed by atoms with Crippen LogP contribution in [0.1, 0.15) is 63.9 Å². The number of nitrogens with one attached hydrogen (secondary N) is 1. The first kappa shape index (κ1) is 21.4. The van der Waals surface area contributed by atoms with E-state index in [1.54, 1.807) is 0 Å². The van der Waals surface area contributed by atoms with Crippen LogP contribution in [-0.2, 0) is 15.2 Å². The van der Waals surface area contributed by atoms with E-state index >= 15 is 0 Å². The first-order chi connectivity index (χ1) is 15.1. The molecule has 0 unspecified atom stereocenters. The average Bonchev–Trinajstić information content (AvgIpc) is 3.35. The highest BCUT2D eigenvalue weighted by molar-refractivity contribution is 5.79. The molecule has 2 aliphatic heterocycles. The fourth-order valence-electron chi connectivity index (χ4n) is 5.89. The molecule has 4 fully saturated rings. The molecule has 0 bridgehead atoms. The number of hydroxylamine groups is 2. The van der Waals surface area contributed by atoms with Crippen molar-refractivity contribution in [1.82, 2.24) is 15.3 Å². The molecule has 5 rings (SSSR count). The molecule has 2 saturated heterocycles. The summed E-state index contributed by atoms with van der Waals surface area (Å²) in [6, 6.07) is 11.3. The second-order valence-electron chi connectivity index (χ2n) is 10.5. The Labute approximate surface area is 187 Å². The Morgan fingerprint density at radius 3 is 2.45 bits per heavy atom. The van der Waals surface area contributed by atoms with E-state index < -0.39 is 5.60 Å². The Bertz CT molecular complexity index is 738. The van der Waals surface area contributed by atoms with Gasteiger partial charge in [0.1, 0.15) is 5.60 Å². The minimum atomic E-state index is -0.441. The van der Waals surface area contributed by atoms with Gasteiger partial charge in [0.05, 0.1) is 6.54 Å². The Morgan fingerprint density at radius 1 is 1.06 bits per heavy atom. The summed E-state index contributed by atoms with van der Waals surface area (Å²) in [5, 5.41) is 5.96. The van der Waals surface area contributed by atoms with Gasteiger partial charge in [-0.05, 0) is 56.6 Å². The number of amides is 1. The van der Waals surface area contributed by atoms with Gasteiger partial charge >= 0.3 is 0 Å². The van der Waals surface area contributed by atoms with Crippen LogP contribution in [-0.4, -0.2) is 54.6 Å². The van der Waals surface area contributed by atoms with Crippen molar-refractivity contribution in [2.45, 2.75) is 69.9 Å². The molecule has 1 N–H and O–H groups in total. The van der Waals surface area contributed by atoms with Crippen molar-refractivity contribution in [3.05, 3.63) is 35.9 Å². The van der Waals surface area contributed by atoms with E-state index in [1.165, 1.54) is 37.8 Å². The predicted octanol–water partition coefficient (Wildman–Crippen LogP) is 3.95. The van der Waals surface area contributed by atoms with Crippen LogP contribution in [0.4, 0.5) is 0 Å². The van der Waals surface area contributed by atoms with Gasteiger partial charge in [-0.2, -0.15) is 5.06 Å². The van der Waals surface area contributed by atoms with Crippen LogP contribution in [0.5, 0.6) is 0 Å². The molecule has 5 nitrogen and oxygen atoms in total. The molecule has 2 heterocycles. The number of hydrogen-bond donors (Lipinski definition) is 1. The van der Waals surface area contributed by atoms with Crippen LogP contribution >= 0.6 is 0 Å². The summed E-state index contributed by atoms with van der Waals surface area (Å²) in [7, 11) is 0. The Hall–Kier alpha value is -1.43. The van der Waals surface area contributed by atoms with E-state index in [-0.39, 0.29) is 11.8 Å². The molecule has 2 atom stereocenters. The molecule has 170 valence electrons. The number of piperidine rings is 1. The average molecular weight is 426 g/mol. The number of hydrogen-bond acceptors (Lipinski definition) is 4. The number of benzene rings is 1. The van der Waals surface area contributed by atoms with Gasteiger partial charge in [0.25, 0.3) is 0 Å². The molecular weight excluding hydrogens is 386 g/mol. The molecule has 2 aliphatic carbocycles. The van der Waals surface area contributed by atoms with E-state index in [0.717, 1.165) is 51.2 Å². The van der Waals surface area contributed by atoms with E-state index in [9.17, 15) is 4.79 Å². The van der Waals surface area contributed by atoms with Crippen molar-refractivity contribution in [2.75, 3.05) is 32.7 Å². The number of nitrogens with zero attached hydrogens (tertiary/aromatic N) is 2. The Balaban J connectivity index is 1.27. The minimum Gasteiger partial charge on any atom is -0.339 e. The first-order valence-electron chi connectivity index (χ1n) is 12.7. The van der Waals surface area contributed by atoms with Gasteiger partial charge in [0.15, 0.2) is 0 Å². The molecule has 1 aromatic carbocycles. The topological polar surface area (TPSA) is 44.8 Å². The zero-order valence-corrected chi connectivity index (χ0v) is 19.1. The van der Waals surface area contributed by atoms with Crippen molar-refractivity contribution in [3.8, 4) is 0 Å². The normalized spacial score (nSPS) is 30.9. The van der Waals surface area contributed by atoms with Crippen molar-refractivity contribution < 1.29 is 9.63 Å². The summed E-state index contributed by atoms with van der Waals surface area (Å²) < 4.78 is 0. The van der Waals surface area contributed by atoms with Crippen LogP contribution in [0, 0.1) is 17.8 Å². The van der Waals surface area contributed by atoms with Gasteiger partial charge in [0, 0.05) is 37.5 Å². The lowest BCUT2D eigenvalue weighted by Crippen LogP contribution is -2.49. The van der Waals surface area contributed by atoms with Gasteiger partial charge in [-0.3, -0.25) is 9.63 Å². The molecular formula is C26H39N3O2. The van der Waals surface area contributed by atoms with Crippen molar-refractivity contribution in [3.63, 3.8) is 0 Å². The number of carbonyl (C=O) groups excluding carboxylic acids is 1. The third-order valence-corrected chi connectivity index (χ3v) is 8.13. The molecule has 4 aliphatic rings. The minimum absolute atomic E-state index is 0.229. The summed E-state index contributed by atoms with van der Waals surface area (Å²) in [6.45, 7) is 6.84. The highest BCUT2D eigenvalue weighted by atomic mass is 16.7. The van der Waals surface area contributed by atoms with Crippen LogP contribution in [0.25, 0.3) is 0 Å². The fourth-order valence-corrected chi connectivity index (χ4v) is 5.89. The summed E-state index contributed by atoms with van der Waals surface area (Å²) in [6.07, 6.45) is 9.60. The van der Waals surface area contributed by atoms with Gasteiger partial charge in [-0.1, -0.05) is 50.1 Å². The molecule has 1 aromatic rings. The highest BCUT2D eigenvalue weighted by Gasteiger charge is 2.50. The van der Waals surface area contributed by atoms with E-state index in [2.05, 4.69) is 52.5 Å². The third-order valence-electron chi connectivity index (χ3n) is 8.13. The second-order valence-corrected chi connectivity index (χ2v) is 10.5. The van der Waals surface area contributed by atoms with Crippen LogP contribution < -0.4 is 5.32 Å². The lowest BCUT2D eigenvalue weighted by Gasteiger charge is -2.41.